The van der Waals surface area contributed by atoms with Crippen molar-refractivity contribution in [2.75, 3.05) is 18.0 Å². The maximum Gasteiger partial charge on any atom is 0.326 e. The van der Waals surface area contributed by atoms with Crippen LogP contribution in [0.25, 0.3) is 22.1 Å². The summed E-state index contributed by atoms with van der Waals surface area (Å²) in [7, 11) is 0. The van der Waals surface area contributed by atoms with E-state index in [0.717, 1.165) is 53.7 Å². The van der Waals surface area contributed by atoms with Gasteiger partial charge >= 0.3 is 5.69 Å². The van der Waals surface area contributed by atoms with E-state index >= 15 is 0 Å². The number of nitrogens with one attached hydrogen (secondary N) is 2. The minimum absolute atomic E-state index is 0.0132. The third-order valence-corrected chi connectivity index (χ3v) is 5.13. The van der Waals surface area contributed by atoms with Crippen molar-refractivity contribution >= 4 is 27.8 Å². The van der Waals surface area contributed by atoms with Crippen LogP contribution in [0.4, 0.5) is 5.69 Å². The maximum absolute atomic E-state index is 12.4. The van der Waals surface area contributed by atoms with Gasteiger partial charge in [0.05, 0.1) is 28.3 Å². The molecule has 1 aliphatic heterocycles. The fraction of sp³-hybridized carbons (Fsp3) is 0.278. The van der Waals surface area contributed by atoms with Crippen molar-refractivity contribution in [3.63, 3.8) is 0 Å². The van der Waals surface area contributed by atoms with E-state index in [1.165, 1.54) is 0 Å². The predicted octanol–water partition coefficient (Wildman–Crippen LogP) is 2.44. The Morgan fingerprint density at radius 3 is 2.84 bits per heavy atom. The number of fused-ring (bicyclic) bond motifs is 2. The molecule has 126 valence electrons. The summed E-state index contributed by atoms with van der Waals surface area (Å²) in [6.45, 7) is 1.81. The Balaban J connectivity index is 1.44. The smallest absolute Gasteiger partial charge is 0.326 e. The number of hydrogen-bond donors (Lipinski definition) is 2. The molecule has 0 atom stereocenters. The average Bonchev–Trinajstić information content (AvgIpc) is 3.25. The molecule has 3 aromatic heterocycles. The van der Waals surface area contributed by atoms with Crippen LogP contribution in [0.1, 0.15) is 18.9 Å². The number of aromatic amines is 2. The van der Waals surface area contributed by atoms with Gasteiger partial charge in [0.15, 0.2) is 5.65 Å². The minimum Gasteiger partial charge on any atom is -0.371 e. The second kappa shape index (κ2) is 5.47. The summed E-state index contributed by atoms with van der Waals surface area (Å²) in [5, 5.41) is 8.06. The standard InChI is InChI=1S/C18H18N6O/c25-18-21-14-3-1-2-4-16(14)24(18)12-6-9-23(10-7-12)15-5-8-19-17-13(15)11-20-22-17/h1-5,8,11-12H,6-7,9-10H2,(H,21,25)(H,19,20,22). The number of hydrogen-bond acceptors (Lipinski definition) is 4. The maximum atomic E-state index is 12.4. The first-order valence-corrected chi connectivity index (χ1v) is 8.53. The fourth-order valence-electron chi connectivity index (χ4n) is 3.91. The number of piperidine rings is 1. The Morgan fingerprint density at radius 2 is 1.96 bits per heavy atom. The first kappa shape index (κ1) is 14.3. The van der Waals surface area contributed by atoms with Crippen molar-refractivity contribution in [2.45, 2.75) is 18.9 Å². The summed E-state index contributed by atoms with van der Waals surface area (Å²) < 4.78 is 1.92. The Morgan fingerprint density at radius 1 is 1.12 bits per heavy atom. The molecule has 0 spiro atoms. The van der Waals surface area contributed by atoms with E-state index in [2.05, 4.69) is 25.1 Å². The monoisotopic (exact) mass is 334 g/mol. The molecule has 0 saturated carbocycles. The topological polar surface area (TPSA) is 82.6 Å². The summed E-state index contributed by atoms with van der Waals surface area (Å²) in [5.41, 5.74) is 3.85. The highest BCUT2D eigenvalue weighted by Gasteiger charge is 2.24. The molecule has 0 radical (unpaired) electrons. The molecule has 25 heavy (non-hydrogen) atoms. The number of pyridine rings is 1. The van der Waals surface area contributed by atoms with Crippen molar-refractivity contribution in [3.05, 3.63) is 53.2 Å². The molecule has 5 rings (SSSR count). The average molecular weight is 334 g/mol. The van der Waals surface area contributed by atoms with Crippen LogP contribution in [0.3, 0.4) is 0 Å². The SMILES string of the molecule is O=c1[nH]c2ccccc2n1C1CCN(c2ccnc3[nH]ncc23)CC1. The Bertz CT molecular complexity index is 1100. The highest BCUT2D eigenvalue weighted by Crippen LogP contribution is 2.30. The fourth-order valence-corrected chi connectivity index (χ4v) is 3.91. The van der Waals surface area contributed by atoms with Crippen molar-refractivity contribution in [3.8, 4) is 0 Å². The van der Waals surface area contributed by atoms with Crippen LogP contribution < -0.4 is 10.6 Å². The number of anilines is 1. The quantitative estimate of drug-likeness (QED) is 0.590. The Kier molecular flexibility index (Phi) is 3.12. The molecule has 2 N–H and O–H groups in total. The van der Waals surface area contributed by atoms with E-state index in [1.807, 2.05) is 47.3 Å². The van der Waals surface area contributed by atoms with Gasteiger partial charge in [-0.3, -0.25) is 9.67 Å². The van der Waals surface area contributed by atoms with Gasteiger partial charge in [0.1, 0.15) is 0 Å². The molecular weight excluding hydrogens is 316 g/mol. The second-order valence-corrected chi connectivity index (χ2v) is 6.50. The normalized spacial score (nSPS) is 16.1. The summed E-state index contributed by atoms with van der Waals surface area (Å²) in [6.07, 6.45) is 5.51. The van der Waals surface area contributed by atoms with Crippen LogP contribution in [-0.4, -0.2) is 37.8 Å². The van der Waals surface area contributed by atoms with Crippen LogP contribution in [-0.2, 0) is 0 Å². The minimum atomic E-state index is -0.0132. The van der Waals surface area contributed by atoms with E-state index in [4.69, 9.17) is 0 Å². The van der Waals surface area contributed by atoms with Crippen LogP contribution in [0.5, 0.6) is 0 Å². The molecule has 7 heteroatoms. The molecule has 0 aliphatic carbocycles. The molecule has 0 bridgehead atoms. The van der Waals surface area contributed by atoms with Gasteiger partial charge in [-0.1, -0.05) is 12.1 Å². The zero-order chi connectivity index (χ0) is 16.8. The molecule has 0 unspecified atom stereocenters. The molecular formula is C18H18N6O. The highest BCUT2D eigenvalue weighted by molar-refractivity contribution is 5.88. The van der Waals surface area contributed by atoms with Gasteiger partial charge in [-0.25, -0.2) is 9.78 Å². The van der Waals surface area contributed by atoms with E-state index in [-0.39, 0.29) is 11.7 Å². The number of H-pyrrole nitrogens is 2. The third-order valence-electron chi connectivity index (χ3n) is 5.13. The van der Waals surface area contributed by atoms with Crippen LogP contribution in [0, 0.1) is 0 Å². The van der Waals surface area contributed by atoms with Gasteiger partial charge in [0.25, 0.3) is 0 Å². The molecule has 4 aromatic rings. The molecule has 7 nitrogen and oxygen atoms in total. The van der Waals surface area contributed by atoms with E-state index in [0.29, 0.717) is 0 Å². The lowest BCUT2D eigenvalue weighted by atomic mass is 10.0. The second-order valence-electron chi connectivity index (χ2n) is 6.50. The zero-order valence-electron chi connectivity index (χ0n) is 13.6. The van der Waals surface area contributed by atoms with Gasteiger partial charge in [-0.15, -0.1) is 0 Å². The summed E-state index contributed by atoms with van der Waals surface area (Å²) in [5.74, 6) is 0. The van der Waals surface area contributed by atoms with Crippen LogP contribution >= 0.6 is 0 Å². The Hall–Kier alpha value is -3.09. The van der Waals surface area contributed by atoms with E-state index in [9.17, 15) is 4.79 Å². The van der Waals surface area contributed by atoms with Crippen LogP contribution in [0.15, 0.2) is 47.5 Å². The third kappa shape index (κ3) is 2.23. The molecule has 1 aromatic carbocycles. The van der Waals surface area contributed by atoms with E-state index in [1.54, 1.807) is 0 Å². The first-order chi connectivity index (χ1) is 12.3. The van der Waals surface area contributed by atoms with Crippen molar-refractivity contribution in [1.82, 2.24) is 24.7 Å². The van der Waals surface area contributed by atoms with Gasteiger partial charge in [-0.2, -0.15) is 5.10 Å². The number of aromatic nitrogens is 5. The van der Waals surface area contributed by atoms with Crippen molar-refractivity contribution in [2.24, 2.45) is 0 Å². The largest absolute Gasteiger partial charge is 0.371 e. The first-order valence-electron chi connectivity index (χ1n) is 8.53. The predicted molar refractivity (Wildman–Crippen MR) is 96.9 cm³/mol. The molecule has 1 aliphatic rings. The number of benzene rings is 1. The van der Waals surface area contributed by atoms with Crippen molar-refractivity contribution < 1.29 is 0 Å². The van der Waals surface area contributed by atoms with E-state index < -0.39 is 0 Å². The molecule has 4 heterocycles. The van der Waals surface area contributed by atoms with Gasteiger partial charge in [-0.05, 0) is 31.0 Å². The lowest BCUT2D eigenvalue weighted by Crippen LogP contribution is -2.37. The van der Waals surface area contributed by atoms with Crippen LogP contribution in [0.2, 0.25) is 0 Å². The lowest BCUT2D eigenvalue weighted by molar-refractivity contribution is 0.397. The number of rotatable bonds is 2. The summed E-state index contributed by atoms with van der Waals surface area (Å²) in [6, 6.07) is 10.2. The molecule has 1 fully saturated rings. The van der Waals surface area contributed by atoms with Gasteiger partial charge in [0.2, 0.25) is 0 Å². The van der Waals surface area contributed by atoms with Gasteiger partial charge < -0.3 is 9.88 Å². The number of nitrogens with zero attached hydrogens (tertiary/aromatic N) is 4. The number of para-hydroxylation sites is 2. The lowest BCUT2D eigenvalue weighted by Gasteiger charge is -2.34. The molecule has 0 amide bonds. The molecule has 1 saturated heterocycles. The number of imidazole rings is 1. The van der Waals surface area contributed by atoms with Crippen molar-refractivity contribution in [1.29, 1.82) is 0 Å². The van der Waals surface area contributed by atoms with Gasteiger partial charge in [0, 0.05) is 25.3 Å². The summed E-state index contributed by atoms with van der Waals surface area (Å²) >= 11 is 0. The highest BCUT2D eigenvalue weighted by atomic mass is 16.1. The summed E-state index contributed by atoms with van der Waals surface area (Å²) in [4.78, 5) is 22.0. The zero-order valence-corrected chi connectivity index (χ0v) is 13.6. The Labute approximate surface area is 143 Å².